The molecule has 1 aliphatic rings. The van der Waals surface area contributed by atoms with E-state index >= 15 is 4.39 Å². The molecule has 0 aromatic carbocycles. The standard InChI is InChI=1S/C13H18FN5O5P/c1-3-22-10-7-9(17-12(15)18-10)19(5-16-7)11-13(2,14)8(20)6(24-11)4-23-25-21/h5-6,8,11,20,25H,3-4H2,1-2H3,(H2,15,17,18)/q+1. The molecule has 3 N–H and O–H groups in total. The molecular weight excluding hydrogens is 356 g/mol. The van der Waals surface area contributed by atoms with E-state index in [9.17, 15) is 9.67 Å². The molecule has 1 fully saturated rings. The van der Waals surface area contributed by atoms with E-state index in [1.165, 1.54) is 17.8 Å². The number of aliphatic hydroxyl groups is 1. The van der Waals surface area contributed by atoms with Gasteiger partial charge >= 0.3 is 8.69 Å². The van der Waals surface area contributed by atoms with Gasteiger partial charge in [-0.2, -0.15) is 9.97 Å². The number of fused-ring (bicyclic) bond motifs is 1. The van der Waals surface area contributed by atoms with Crippen molar-refractivity contribution in [2.75, 3.05) is 18.9 Å². The van der Waals surface area contributed by atoms with Gasteiger partial charge in [0, 0.05) is 0 Å². The van der Waals surface area contributed by atoms with E-state index in [2.05, 4.69) is 15.0 Å². The quantitative estimate of drug-likeness (QED) is 0.702. The van der Waals surface area contributed by atoms with Crippen molar-refractivity contribution in [3.05, 3.63) is 6.33 Å². The van der Waals surface area contributed by atoms with Gasteiger partial charge in [-0.05, 0) is 18.4 Å². The Morgan fingerprint density at radius 2 is 2.32 bits per heavy atom. The number of rotatable bonds is 6. The molecule has 1 aliphatic heterocycles. The van der Waals surface area contributed by atoms with Crippen LogP contribution in [0.25, 0.3) is 11.2 Å². The van der Waals surface area contributed by atoms with Crippen molar-refractivity contribution < 1.29 is 28.1 Å². The van der Waals surface area contributed by atoms with Gasteiger partial charge in [0.2, 0.25) is 11.8 Å². The number of hydrogen-bond acceptors (Lipinski definition) is 9. The first kappa shape index (κ1) is 17.9. The van der Waals surface area contributed by atoms with E-state index in [4.69, 9.17) is 19.7 Å². The summed E-state index contributed by atoms with van der Waals surface area (Å²) < 4.78 is 42.6. The fraction of sp³-hybridized carbons (Fsp3) is 0.615. The zero-order valence-electron chi connectivity index (χ0n) is 13.5. The number of halogens is 1. The first-order valence-corrected chi connectivity index (χ1v) is 8.36. The van der Waals surface area contributed by atoms with E-state index < -0.39 is 32.8 Å². The Balaban J connectivity index is 2.02. The Labute approximate surface area is 143 Å². The summed E-state index contributed by atoms with van der Waals surface area (Å²) >= 11 is 0. The highest BCUT2D eigenvalue weighted by molar-refractivity contribution is 7.17. The van der Waals surface area contributed by atoms with E-state index in [0.717, 1.165) is 0 Å². The number of nitrogens with two attached hydrogens (primary N) is 1. The van der Waals surface area contributed by atoms with E-state index in [0.29, 0.717) is 12.1 Å². The zero-order chi connectivity index (χ0) is 18.2. The summed E-state index contributed by atoms with van der Waals surface area (Å²) in [5.41, 5.74) is 4.03. The molecule has 136 valence electrons. The monoisotopic (exact) mass is 374 g/mol. The predicted octanol–water partition coefficient (Wildman–Crippen LogP) is 0.749. The Morgan fingerprint density at radius 1 is 1.56 bits per heavy atom. The topological polar surface area (TPSA) is 135 Å². The summed E-state index contributed by atoms with van der Waals surface area (Å²) in [6, 6.07) is 0. The average molecular weight is 374 g/mol. The second kappa shape index (κ2) is 6.75. The van der Waals surface area contributed by atoms with Crippen LogP contribution in [0.5, 0.6) is 5.88 Å². The lowest BCUT2D eigenvalue weighted by Gasteiger charge is -2.24. The van der Waals surface area contributed by atoms with Gasteiger partial charge in [0.1, 0.15) is 18.8 Å². The molecule has 0 saturated carbocycles. The number of hydrogen-bond donors (Lipinski definition) is 2. The maximum atomic E-state index is 15.1. The van der Waals surface area contributed by atoms with Crippen LogP contribution in [0.1, 0.15) is 20.1 Å². The lowest BCUT2D eigenvalue weighted by Crippen LogP contribution is -2.40. The Hall–Kier alpha value is -1.94. The lowest BCUT2D eigenvalue weighted by atomic mass is 9.98. The van der Waals surface area contributed by atoms with E-state index in [1.807, 2.05) is 0 Å². The summed E-state index contributed by atoms with van der Waals surface area (Å²) in [6.07, 6.45) is -2.41. The van der Waals surface area contributed by atoms with Crippen LogP contribution in [-0.4, -0.2) is 55.7 Å². The molecule has 3 rings (SSSR count). The number of ether oxygens (including phenoxy) is 2. The molecule has 2 aromatic rings. The van der Waals surface area contributed by atoms with Crippen LogP contribution < -0.4 is 10.5 Å². The van der Waals surface area contributed by atoms with Crippen LogP contribution in [-0.2, 0) is 13.8 Å². The Morgan fingerprint density at radius 3 is 3.00 bits per heavy atom. The van der Waals surface area contributed by atoms with Crippen LogP contribution in [0.4, 0.5) is 10.3 Å². The van der Waals surface area contributed by atoms with Crippen LogP contribution in [0.2, 0.25) is 0 Å². The van der Waals surface area contributed by atoms with E-state index in [-0.39, 0.29) is 24.1 Å². The van der Waals surface area contributed by atoms with Crippen LogP contribution in [0.15, 0.2) is 6.33 Å². The van der Waals surface area contributed by atoms with Gasteiger partial charge in [-0.3, -0.25) is 4.57 Å². The molecule has 0 amide bonds. The van der Waals surface area contributed by atoms with Gasteiger partial charge in [-0.15, -0.1) is 4.52 Å². The van der Waals surface area contributed by atoms with E-state index in [1.54, 1.807) is 6.92 Å². The summed E-state index contributed by atoms with van der Waals surface area (Å²) in [6.45, 7) is 3.10. The number of aliphatic hydroxyl groups excluding tert-OH is 1. The minimum atomic E-state index is -2.17. The van der Waals surface area contributed by atoms with Gasteiger partial charge < -0.3 is 20.3 Å². The van der Waals surface area contributed by atoms with Gasteiger partial charge in [0.25, 0.3) is 0 Å². The molecule has 0 spiro atoms. The molecule has 0 aliphatic carbocycles. The minimum Gasteiger partial charge on any atom is -0.476 e. The zero-order valence-corrected chi connectivity index (χ0v) is 14.5. The molecule has 12 heteroatoms. The van der Waals surface area contributed by atoms with Crippen molar-refractivity contribution in [2.24, 2.45) is 0 Å². The van der Waals surface area contributed by atoms with Crippen LogP contribution in [0, 0.1) is 0 Å². The summed E-state index contributed by atoms with van der Waals surface area (Å²) in [4.78, 5) is 12.2. The van der Waals surface area contributed by atoms with Crippen molar-refractivity contribution in [3.63, 3.8) is 0 Å². The third kappa shape index (κ3) is 3.04. The summed E-state index contributed by atoms with van der Waals surface area (Å²) in [5, 5.41) is 10.2. The summed E-state index contributed by atoms with van der Waals surface area (Å²) in [5.74, 6) is 0.111. The highest BCUT2D eigenvalue weighted by Crippen LogP contribution is 2.43. The van der Waals surface area contributed by atoms with Gasteiger partial charge in [-0.25, -0.2) is 9.37 Å². The van der Waals surface area contributed by atoms with Gasteiger partial charge in [0.05, 0.1) is 12.9 Å². The second-order valence-electron chi connectivity index (χ2n) is 5.66. The number of nitrogens with zero attached hydrogens (tertiary/aromatic N) is 4. The Kier molecular flexibility index (Phi) is 4.83. The molecule has 25 heavy (non-hydrogen) atoms. The Bertz CT molecular complexity index is 788. The molecule has 10 nitrogen and oxygen atoms in total. The fourth-order valence-electron chi connectivity index (χ4n) is 2.78. The largest absolute Gasteiger partial charge is 0.494 e. The number of alkyl halides is 1. The highest BCUT2D eigenvalue weighted by Gasteiger charge is 2.55. The number of nitrogen functional groups attached to an aromatic ring is 1. The maximum Gasteiger partial charge on any atom is 0.494 e. The van der Waals surface area contributed by atoms with Crippen molar-refractivity contribution in [1.29, 1.82) is 0 Å². The van der Waals surface area contributed by atoms with Crippen molar-refractivity contribution >= 4 is 25.8 Å². The fourth-order valence-corrected chi connectivity index (χ4v) is 3.01. The molecular formula is C13H18FN5O5P+. The van der Waals surface area contributed by atoms with Crippen LogP contribution in [0.3, 0.4) is 0 Å². The highest BCUT2D eigenvalue weighted by atomic mass is 31.1. The van der Waals surface area contributed by atoms with Crippen molar-refractivity contribution in [1.82, 2.24) is 19.5 Å². The average Bonchev–Trinajstić information content (AvgIpc) is 3.06. The summed E-state index contributed by atoms with van der Waals surface area (Å²) in [7, 11) is -1.03. The molecule has 5 unspecified atom stereocenters. The van der Waals surface area contributed by atoms with Gasteiger partial charge in [0.15, 0.2) is 23.1 Å². The molecule has 0 radical (unpaired) electrons. The molecule has 3 heterocycles. The number of aromatic nitrogens is 4. The number of anilines is 1. The minimum absolute atomic E-state index is 0.0655. The number of imidazole rings is 1. The third-order valence-corrected chi connectivity index (χ3v) is 4.25. The molecule has 2 aromatic heterocycles. The van der Waals surface area contributed by atoms with Gasteiger partial charge in [-0.1, -0.05) is 0 Å². The maximum absolute atomic E-state index is 15.1. The molecule has 5 atom stereocenters. The molecule has 0 bridgehead atoms. The smallest absolute Gasteiger partial charge is 0.476 e. The van der Waals surface area contributed by atoms with Crippen LogP contribution >= 0.6 is 8.69 Å². The lowest BCUT2D eigenvalue weighted by molar-refractivity contribution is -0.0530. The first-order valence-electron chi connectivity index (χ1n) is 7.54. The third-order valence-electron chi connectivity index (χ3n) is 3.96. The van der Waals surface area contributed by atoms with Crippen molar-refractivity contribution in [3.8, 4) is 5.88 Å². The second-order valence-corrected chi connectivity index (χ2v) is 6.12. The molecule has 1 saturated heterocycles. The predicted molar refractivity (Wildman–Crippen MR) is 85.3 cm³/mol. The SMILES string of the molecule is CCOc1nc(N)nc2c1ncn2C1OC(CO[PH+]=O)C(O)C1(C)F. The normalized spacial score (nSPS) is 29.5. The van der Waals surface area contributed by atoms with Crippen molar-refractivity contribution in [2.45, 2.75) is 38.0 Å². The first-order chi connectivity index (χ1) is 11.9.